The van der Waals surface area contributed by atoms with Crippen molar-refractivity contribution in [1.82, 2.24) is 9.88 Å². The van der Waals surface area contributed by atoms with Gasteiger partial charge in [-0.1, -0.05) is 18.5 Å². The number of halogens is 3. The van der Waals surface area contributed by atoms with Crippen molar-refractivity contribution in [2.45, 2.75) is 26.2 Å². The molecule has 0 atom stereocenters. The number of nitrogens with zero attached hydrogens (tertiary/aromatic N) is 3. The molecule has 0 bridgehead atoms. The molecule has 2 aromatic rings. The van der Waals surface area contributed by atoms with E-state index in [4.69, 9.17) is 16.3 Å². The largest absolute Gasteiger partial charge is 0.440 e. The molecule has 1 aliphatic heterocycles. The first-order chi connectivity index (χ1) is 13.3. The van der Waals surface area contributed by atoms with Crippen LogP contribution >= 0.6 is 27.5 Å². The van der Waals surface area contributed by atoms with Gasteiger partial charge >= 0.3 is 11.6 Å². The van der Waals surface area contributed by atoms with Crippen LogP contribution in [-0.4, -0.2) is 34.9 Å². The normalized spacial score (nSPS) is 15.5. The fourth-order valence-electron chi connectivity index (χ4n) is 3.06. The number of fused-ring (bicyclic) bond motifs is 1. The third-order valence-electron chi connectivity index (χ3n) is 4.52. The maximum atomic E-state index is 14.8. The smallest absolute Gasteiger partial charge is 0.354 e. The summed E-state index contributed by atoms with van der Waals surface area (Å²) in [7, 11) is 1.91. The first kappa shape index (κ1) is 20.6. The number of pyridine rings is 1. The second kappa shape index (κ2) is 8.48. The zero-order valence-corrected chi connectivity index (χ0v) is 17.7. The van der Waals surface area contributed by atoms with Crippen molar-refractivity contribution in [2.24, 2.45) is 0 Å². The Kier molecular flexibility index (Phi) is 6.24. The quantitative estimate of drug-likeness (QED) is 0.259. The number of nitrogens with one attached hydrogen (secondary N) is 1. The number of rotatable bonds is 6. The Labute approximate surface area is 174 Å². The number of aromatic nitrogens is 1. The fraction of sp³-hybridized carbons (Fsp3) is 0.389. The monoisotopic (exact) mass is 472 g/mol. The molecule has 0 radical (unpaired) electrons. The molecule has 28 heavy (non-hydrogen) atoms. The highest BCUT2D eigenvalue weighted by atomic mass is 79.9. The summed E-state index contributed by atoms with van der Waals surface area (Å²) in [5.74, 6) is -0.968. The van der Waals surface area contributed by atoms with Gasteiger partial charge in [0.25, 0.3) is 0 Å². The molecule has 7 nitrogen and oxygen atoms in total. The van der Waals surface area contributed by atoms with Crippen molar-refractivity contribution in [3.05, 3.63) is 43.5 Å². The molecule has 0 aliphatic carbocycles. The molecule has 10 heteroatoms. The second-order valence-corrected chi connectivity index (χ2v) is 7.66. The number of nitro groups is 1. The zero-order valence-electron chi connectivity index (χ0n) is 15.4. The summed E-state index contributed by atoms with van der Waals surface area (Å²) in [6.45, 7) is 3.26. The van der Waals surface area contributed by atoms with Crippen molar-refractivity contribution in [3.63, 3.8) is 0 Å². The van der Waals surface area contributed by atoms with Gasteiger partial charge in [0.1, 0.15) is 17.5 Å². The van der Waals surface area contributed by atoms with Crippen LogP contribution in [0.1, 0.15) is 26.2 Å². The zero-order chi connectivity index (χ0) is 20.4. The van der Waals surface area contributed by atoms with Gasteiger partial charge in [0.2, 0.25) is 0 Å². The third-order valence-corrected chi connectivity index (χ3v) is 5.82. The van der Waals surface area contributed by atoms with Crippen LogP contribution in [0.2, 0.25) is 5.02 Å². The summed E-state index contributed by atoms with van der Waals surface area (Å²) in [6.07, 6.45) is 3.94. The Bertz CT molecular complexity index is 970. The molecule has 1 aromatic carbocycles. The summed E-state index contributed by atoms with van der Waals surface area (Å²) in [5, 5.41) is 15.2. The van der Waals surface area contributed by atoms with Gasteiger partial charge in [-0.05, 0) is 41.3 Å². The summed E-state index contributed by atoms with van der Waals surface area (Å²) in [5.41, 5.74) is 0.625. The molecule has 0 saturated carbocycles. The molecular weight excluding hydrogens is 455 g/mol. The predicted octanol–water partition coefficient (Wildman–Crippen LogP) is 5.47. The van der Waals surface area contributed by atoms with E-state index in [1.54, 1.807) is 0 Å². The van der Waals surface area contributed by atoms with Crippen molar-refractivity contribution >= 4 is 49.8 Å². The van der Waals surface area contributed by atoms with Crippen molar-refractivity contribution in [1.29, 1.82) is 0 Å². The van der Waals surface area contributed by atoms with Crippen LogP contribution in [-0.2, 0) is 0 Å². The lowest BCUT2D eigenvalue weighted by Gasteiger charge is -2.15. The molecule has 1 aliphatic rings. The molecule has 1 fully saturated rings. The molecule has 1 N–H and O–H groups in total. The minimum atomic E-state index is -0.701. The van der Waals surface area contributed by atoms with E-state index in [0.717, 1.165) is 31.5 Å². The van der Waals surface area contributed by atoms with Crippen LogP contribution in [0.4, 0.5) is 15.8 Å². The van der Waals surface area contributed by atoms with Gasteiger partial charge in [0.15, 0.2) is 5.82 Å². The highest BCUT2D eigenvalue weighted by molar-refractivity contribution is 9.10. The molecule has 150 valence electrons. The summed E-state index contributed by atoms with van der Waals surface area (Å²) >= 11 is 9.16. The number of hydrogen-bond donors (Lipinski definition) is 1. The van der Waals surface area contributed by atoms with Gasteiger partial charge in [0.05, 0.1) is 14.4 Å². The minimum Gasteiger partial charge on any atom is -0.440 e. The Hall–Kier alpha value is -2.13. The van der Waals surface area contributed by atoms with Crippen molar-refractivity contribution < 1.29 is 14.1 Å². The van der Waals surface area contributed by atoms with Gasteiger partial charge in [-0.25, -0.2) is 9.37 Å². The maximum Gasteiger partial charge on any atom is 0.354 e. The summed E-state index contributed by atoms with van der Waals surface area (Å²) in [6, 6.07) is 1.45. The Balaban J connectivity index is 2.23. The van der Waals surface area contributed by atoms with Gasteiger partial charge in [0, 0.05) is 31.2 Å². The third kappa shape index (κ3) is 3.86. The lowest BCUT2D eigenvalue weighted by Crippen LogP contribution is -2.11. The molecule has 0 spiro atoms. The number of benzene rings is 1. The first-order valence-corrected chi connectivity index (χ1v) is 9.98. The Morgan fingerprint density at radius 3 is 2.93 bits per heavy atom. The lowest BCUT2D eigenvalue weighted by molar-refractivity contribution is -0.385. The summed E-state index contributed by atoms with van der Waals surface area (Å²) in [4.78, 5) is 17.4. The standard InChI is InChI=1S/C18H19BrClFN4O3/c1-3-6-22-16-11-8-12(20)13(19)14(21)15(11)23-18(17(16)25(26)27)28-9-10-5-4-7-24(10)2/h8-9H,3-7H2,1-2H3,(H,22,23)/b10-9-. The van der Waals surface area contributed by atoms with E-state index in [1.807, 2.05) is 18.9 Å². The molecule has 1 aromatic heterocycles. The van der Waals surface area contributed by atoms with Gasteiger partial charge in [-0.15, -0.1) is 0 Å². The van der Waals surface area contributed by atoms with Crippen LogP contribution in [0.25, 0.3) is 10.9 Å². The average molecular weight is 474 g/mol. The lowest BCUT2D eigenvalue weighted by atomic mass is 10.1. The van der Waals surface area contributed by atoms with E-state index in [1.165, 1.54) is 12.3 Å². The van der Waals surface area contributed by atoms with E-state index in [-0.39, 0.29) is 37.7 Å². The number of likely N-dealkylation sites (tertiary alicyclic amines) is 1. The number of hydrogen-bond acceptors (Lipinski definition) is 6. The highest BCUT2D eigenvalue weighted by Gasteiger charge is 2.29. The molecule has 1 saturated heterocycles. The fourth-order valence-corrected chi connectivity index (χ4v) is 3.55. The van der Waals surface area contributed by atoms with Crippen LogP contribution in [0.3, 0.4) is 0 Å². The maximum absolute atomic E-state index is 14.8. The van der Waals surface area contributed by atoms with Gasteiger partial charge < -0.3 is 15.0 Å². The first-order valence-electron chi connectivity index (χ1n) is 8.81. The highest BCUT2D eigenvalue weighted by Crippen LogP contribution is 2.43. The van der Waals surface area contributed by atoms with Gasteiger partial charge in [-0.2, -0.15) is 0 Å². The van der Waals surface area contributed by atoms with E-state index in [2.05, 4.69) is 26.2 Å². The number of ether oxygens (including phenoxy) is 1. The molecule has 0 unspecified atom stereocenters. The van der Waals surface area contributed by atoms with Crippen molar-refractivity contribution in [2.75, 3.05) is 25.5 Å². The van der Waals surface area contributed by atoms with Crippen LogP contribution < -0.4 is 10.1 Å². The molecular formula is C18H19BrClFN4O3. The Morgan fingerprint density at radius 2 is 2.32 bits per heavy atom. The van der Waals surface area contributed by atoms with E-state index < -0.39 is 10.7 Å². The second-order valence-electron chi connectivity index (χ2n) is 6.46. The predicted molar refractivity (Wildman–Crippen MR) is 110 cm³/mol. The SMILES string of the molecule is CCCNc1c([N+](=O)[O-])c(O/C=C2/CCCN2C)nc2c(F)c(Br)c(Cl)cc12. The molecule has 0 amide bonds. The topological polar surface area (TPSA) is 80.5 Å². The molecule has 2 heterocycles. The van der Waals surface area contributed by atoms with Crippen LogP contribution in [0, 0.1) is 15.9 Å². The van der Waals surface area contributed by atoms with Gasteiger partial charge in [-0.3, -0.25) is 10.1 Å². The van der Waals surface area contributed by atoms with Crippen molar-refractivity contribution in [3.8, 4) is 5.88 Å². The minimum absolute atomic E-state index is 0.0456. The van der Waals surface area contributed by atoms with E-state index in [9.17, 15) is 14.5 Å². The van der Waals surface area contributed by atoms with E-state index >= 15 is 0 Å². The number of anilines is 1. The summed E-state index contributed by atoms with van der Waals surface area (Å²) < 4.78 is 20.4. The van der Waals surface area contributed by atoms with E-state index in [0.29, 0.717) is 6.54 Å². The van der Waals surface area contributed by atoms with Crippen LogP contribution in [0.15, 0.2) is 22.5 Å². The average Bonchev–Trinajstić information content (AvgIpc) is 3.07. The molecule has 3 rings (SSSR count). The number of allylic oxidation sites excluding steroid dienone is 1. The van der Waals surface area contributed by atoms with Crippen LogP contribution in [0.5, 0.6) is 5.88 Å². The Morgan fingerprint density at radius 1 is 1.57 bits per heavy atom.